The van der Waals surface area contributed by atoms with Crippen molar-refractivity contribution in [2.45, 2.75) is 84.1 Å². The van der Waals surface area contributed by atoms with Crippen LogP contribution in [0.25, 0.3) is 0 Å². The van der Waals surface area contributed by atoms with E-state index in [1.807, 2.05) is 0 Å². The Hall–Kier alpha value is -0.280. The minimum absolute atomic E-state index is 0. The van der Waals surface area contributed by atoms with E-state index in [-0.39, 0.29) is 24.4 Å². The third-order valence-corrected chi connectivity index (χ3v) is 4.76. The Morgan fingerprint density at radius 1 is 1.24 bits per heavy atom. The molecule has 0 bridgehead atoms. The first-order valence-electron chi connectivity index (χ1n) is 8.70. The van der Waals surface area contributed by atoms with E-state index in [4.69, 9.17) is 5.73 Å². The zero-order valence-corrected chi connectivity index (χ0v) is 14.7. The van der Waals surface area contributed by atoms with Gasteiger partial charge in [-0.1, -0.05) is 65.2 Å². The van der Waals surface area contributed by atoms with E-state index in [2.05, 4.69) is 19.2 Å². The second-order valence-electron chi connectivity index (χ2n) is 6.51. The summed E-state index contributed by atoms with van der Waals surface area (Å²) < 4.78 is 0. The van der Waals surface area contributed by atoms with Gasteiger partial charge in [0.2, 0.25) is 5.91 Å². The summed E-state index contributed by atoms with van der Waals surface area (Å²) in [6.45, 7) is 5.22. The Morgan fingerprint density at radius 2 is 1.90 bits per heavy atom. The second-order valence-corrected chi connectivity index (χ2v) is 6.51. The molecule has 0 aromatic rings. The fourth-order valence-corrected chi connectivity index (χ4v) is 3.21. The maximum atomic E-state index is 12.1. The average Bonchev–Trinajstić information content (AvgIpc) is 2.48. The van der Waals surface area contributed by atoms with Crippen molar-refractivity contribution in [2.75, 3.05) is 6.54 Å². The summed E-state index contributed by atoms with van der Waals surface area (Å²) in [5.74, 6) is 1.35. The lowest BCUT2D eigenvalue weighted by Crippen LogP contribution is -2.43. The fourth-order valence-electron chi connectivity index (χ4n) is 3.21. The predicted octanol–water partition coefficient (Wildman–Crippen LogP) is 4.04. The number of carbonyl (C=O) groups is 1. The van der Waals surface area contributed by atoms with Gasteiger partial charge >= 0.3 is 0 Å². The molecular formula is C17H35ClN2O. The van der Waals surface area contributed by atoms with E-state index < -0.39 is 0 Å². The smallest absolute Gasteiger partial charge is 0.236 e. The van der Waals surface area contributed by atoms with Crippen LogP contribution in [0.4, 0.5) is 0 Å². The molecule has 1 amide bonds. The molecule has 21 heavy (non-hydrogen) atoms. The highest BCUT2D eigenvalue weighted by Crippen LogP contribution is 2.26. The molecule has 1 aliphatic carbocycles. The zero-order chi connectivity index (χ0) is 14.8. The third kappa shape index (κ3) is 8.67. The van der Waals surface area contributed by atoms with Crippen molar-refractivity contribution in [1.29, 1.82) is 0 Å². The number of amides is 1. The molecule has 1 rings (SSSR count). The highest BCUT2D eigenvalue weighted by Gasteiger charge is 2.21. The Morgan fingerprint density at radius 3 is 2.48 bits per heavy atom. The summed E-state index contributed by atoms with van der Waals surface area (Å²) in [5.41, 5.74) is 6.06. The number of halogens is 1. The highest BCUT2D eigenvalue weighted by molar-refractivity contribution is 5.85. The van der Waals surface area contributed by atoms with Crippen molar-refractivity contribution >= 4 is 18.3 Å². The van der Waals surface area contributed by atoms with Crippen molar-refractivity contribution in [3.05, 3.63) is 0 Å². The van der Waals surface area contributed by atoms with E-state index in [1.54, 1.807) is 0 Å². The molecule has 1 saturated carbocycles. The van der Waals surface area contributed by atoms with Gasteiger partial charge in [0, 0.05) is 6.54 Å². The summed E-state index contributed by atoms with van der Waals surface area (Å²) in [6.07, 6.45) is 12.2. The Kier molecular flexibility index (Phi) is 12.1. The van der Waals surface area contributed by atoms with Crippen LogP contribution in [0.15, 0.2) is 0 Å². The largest absolute Gasteiger partial charge is 0.354 e. The molecule has 0 aromatic carbocycles. The van der Waals surface area contributed by atoms with E-state index in [0.29, 0.717) is 11.8 Å². The van der Waals surface area contributed by atoms with Crippen LogP contribution >= 0.6 is 12.4 Å². The molecule has 0 saturated heterocycles. The fraction of sp³-hybridized carbons (Fsp3) is 0.941. The molecule has 3 N–H and O–H groups in total. The summed E-state index contributed by atoms with van der Waals surface area (Å²) in [4.78, 5) is 12.1. The number of nitrogens with two attached hydrogens (primary N) is 1. The molecule has 0 spiro atoms. The highest BCUT2D eigenvalue weighted by atomic mass is 35.5. The van der Waals surface area contributed by atoms with Gasteiger partial charge in [0.15, 0.2) is 0 Å². The van der Waals surface area contributed by atoms with Crippen molar-refractivity contribution in [3.8, 4) is 0 Å². The maximum absolute atomic E-state index is 12.1. The van der Waals surface area contributed by atoms with Gasteiger partial charge in [-0.2, -0.15) is 0 Å². The summed E-state index contributed by atoms with van der Waals surface area (Å²) in [6, 6.07) is -0.304. The molecular weight excluding hydrogens is 284 g/mol. The average molecular weight is 319 g/mol. The molecule has 0 radical (unpaired) electrons. The Balaban J connectivity index is 0.00000400. The van der Waals surface area contributed by atoms with Crippen molar-refractivity contribution in [1.82, 2.24) is 5.32 Å². The molecule has 1 aliphatic rings. The van der Waals surface area contributed by atoms with Gasteiger partial charge in [-0.3, -0.25) is 4.79 Å². The lowest BCUT2D eigenvalue weighted by atomic mass is 9.85. The second kappa shape index (κ2) is 12.3. The molecule has 3 nitrogen and oxygen atoms in total. The van der Waals surface area contributed by atoms with Gasteiger partial charge < -0.3 is 11.1 Å². The SMILES string of the molecule is CCCCC(CC)CNC(=O)C(N)CC1CCCCC1.Cl. The van der Waals surface area contributed by atoms with E-state index in [1.165, 1.54) is 51.4 Å². The third-order valence-electron chi connectivity index (χ3n) is 4.76. The minimum atomic E-state index is -0.304. The summed E-state index contributed by atoms with van der Waals surface area (Å²) in [7, 11) is 0. The summed E-state index contributed by atoms with van der Waals surface area (Å²) in [5, 5.41) is 3.07. The molecule has 4 heteroatoms. The van der Waals surface area contributed by atoms with E-state index in [0.717, 1.165) is 19.4 Å². The van der Waals surface area contributed by atoms with Crippen LogP contribution < -0.4 is 11.1 Å². The summed E-state index contributed by atoms with van der Waals surface area (Å²) >= 11 is 0. The molecule has 2 atom stereocenters. The van der Waals surface area contributed by atoms with Crippen LogP contribution in [-0.4, -0.2) is 18.5 Å². The van der Waals surface area contributed by atoms with Crippen LogP contribution in [0.1, 0.15) is 78.1 Å². The Labute approximate surface area is 137 Å². The van der Waals surface area contributed by atoms with Crippen molar-refractivity contribution in [3.63, 3.8) is 0 Å². The van der Waals surface area contributed by atoms with Crippen molar-refractivity contribution in [2.24, 2.45) is 17.6 Å². The first-order valence-corrected chi connectivity index (χ1v) is 8.70. The maximum Gasteiger partial charge on any atom is 0.236 e. The standard InChI is InChI=1S/C17H34N2O.ClH/c1-3-5-9-14(4-2)13-19-17(20)16(18)12-15-10-7-6-8-11-15;/h14-16H,3-13,18H2,1-2H3,(H,19,20);1H. The first-order chi connectivity index (χ1) is 9.67. The van der Waals surface area contributed by atoms with Gasteiger partial charge in [-0.25, -0.2) is 0 Å². The van der Waals surface area contributed by atoms with Gasteiger partial charge in [0.25, 0.3) is 0 Å². The zero-order valence-electron chi connectivity index (χ0n) is 13.9. The number of nitrogens with one attached hydrogen (secondary N) is 1. The van der Waals surface area contributed by atoms with Crippen LogP contribution in [0.5, 0.6) is 0 Å². The van der Waals surface area contributed by atoms with E-state index in [9.17, 15) is 4.79 Å². The number of hydrogen-bond acceptors (Lipinski definition) is 2. The van der Waals surface area contributed by atoms with Gasteiger partial charge in [0.05, 0.1) is 6.04 Å². The number of carbonyl (C=O) groups excluding carboxylic acids is 1. The van der Waals surface area contributed by atoms with Gasteiger partial charge in [-0.05, 0) is 24.7 Å². The Bertz CT molecular complexity index is 268. The minimum Gasteiger partial charge on any atom is -0.354 e. The number of unbranched alkanes of at least 4 members (excludes halogenated alkanes) is 1. The number of hydrogen-bond donors (Lipinski definition) is 2. The topological polar surface area (TPSA) is 55.1 Å². The quantitative estimate of drug-likeness (QED) is 0.674. The molecule has 0 aliphatic heterocycles. The van der Waals surface area contributed by atoms with Crippen LogP contribution in [0.3, 0.4) is 0 Å². The number of rotatable bonds is 9. The van der Waals surface area contributed by atoms with Gasteiger partial charge in [0.1, 0.15) is 0 Å². The van der Waals surface area contributed by atoms with Crippen molar-refractivity contribution < 1.29 is 4.79 Å². The van der Waals surface area contributed by atoms with E-state index >= 15 is 0 Å². The van der Waals surface area contributed by atoms with Crippen LogP contribution in [-0.2, 0) is 4.79 Å². The van der Waals surface area contributed by atoms with Crippen LogP contribution in [0, 0.1) is 11.8 Å². The molecule has 1 fully saturated rings. The van der Waals surface area contributed by atoms with Crippen LogP contribution in [0.2, 0.25) is 0 Å². The molecule has 0 aromatic heterocycles. The first kappa shape index (κ1) is 20.7. The lowest BCUT2D eigenvalue weighted by Gasteiger charge is -2.24. The predicted molar refractivity (Wildman–Crippen MR) is 92.7 cm³/mol. The molecule has 2 unspecified atom stereocenters. The van der Waals surface area contributed by atoms with Gasteiger partial charge in [-0.15, -0.1) is 12.4 Å². The normalized spacial score (nSPS) is 18.6. The molecule has 126 valence electrons. The molecule has 0 heterocycles. The monoisotopic (exact) mass is 318 g/mol. The lowest BCUT2D eigenvalue weighted by molar-refractivity contribution is -0.123.